The Kier molecular flexibility index (Phi) is 4.64. The molecular formula is C17H20N2O. The SMILES string of the molecule is CN(Cc1ccncc1)CC(C)(C=O)c1ccccc1. The number of nitrogens with zero attached hydrogens (tertiary/aromatic N) is 2. The van der Waals surface area contributed by atoms with Gasteiger partial charge in [-0.15, -0.1) is 0 Å². The van der Waals surface area contributed by atoms with E-state index < -0.39 is 5.41 Å². The zero-order chi connectivity index (χ0) is 14.4. The lowest BCUT2D eigenvalue weighted by atomic mass is 9.83. The van der Waals surface area contributed by atoms with Gasteiger partial charge in [0.2, 0.25) is 0 Å². The zero-order valence-electron chi connectivity index (χ0n) is 12.0. The fourth-order valence-corrected chi connectivity index (χ4v) is 2.43. The fourth-order valence-electron chi connectivity index (χ4n) is 2.43. The highest BCUT2D eigenvalue weighted by Crippen LogP contribution is 2.22. The van der Waals surface area contributed by atoms with Crippen LogP contribution in [0.2, 0.25) is 0 Å². The molecule has 20 heavy (non-hydrogen) atoms. The summed E-state index contributed by atoms with van der Waals surface area (Å²) >= 11 is 0. The minimum atomic E-state index is -0.483. The summed E-state index contributed by atoms with van der Waals surface area (Å²) in [5.41, 5.74) is 1.77. The minimum Gasteiger partial charge on any atom is -0.302 e. The average molecular weight is 268 g/mol. The van der Waals surface area contributed by atoms with Crippen molar-refractivity contribution in [3.8, 4) is 0 Å². The van der Waals surface area contributed by atoms with E-state index in [0.29, 0.717) is 6.54 Å². The van der Waals surface area contributed by atoms with Crippen LogP contribution >= 0.6 is 0 Å². The van der Waals surface area contributed by atoms with E-state index in [0.717, 1.165) is 18.4 Å². The average Bonchev–Trinajstić information content (AvgIpc) is 2.49. The van der Waals surface area contributed by atoms with Crippen molar-refractivity contribution in [3.05, 3.63) is 66.0 Å². The molecule has 2 rings (SSSR count). The molecule has 3 heteroatoms. The number of rotatable bonds is 6. The maximum absolute atomic E-state index is 11.6. The van der Waals surface area contributed by atoms with Gasteiger partial charge < -0.3 is 9.69 Å². The first kappa shape index (κ1) is 14.4. The van der Waals surface area contributed by atoms with Gasteiger partial charge in [0, 0.05) is 25.5 Å². The molecule has 104 valence electrons. The first-order valence-corrected chi connectivity index (χ1v) is 6.73. The normalized spacial score (nSPS) is 13.9. The van der Waals surface area contributed by atoms with Gasteiger partial charge in [-0.1, -0.05) is 30.3 Å². The molecule has 0 aliphatic rings. The Hall–Kier alpha value is -2.00. The molecule has 1 heterocycles. The van der Waals surface area contributed by atoms with Crippen LogP contribution in [0.15, 0.2) is 54.9 Å². The van der Waals surface area contributed by atoms with Crippen LogP contribution < -0.4 is 0 Å². The molecular weight excluding hydrogens is 248 g/mol. The van der Waals surface area contributed by atoms with E-state index in [1.807, 2.05) is 56.4 Å². The predicted molar refractivity (Wildman–Crippen MR) is 80.4 cm³/mol. The fraction of sp³-hybridized carbons (Fsp3) is 0.294. The molecule has 0 aliphatic carbocycles. The maximum Gasteiger partial charge on any atom is 0.131 e. The molecule has 0 aliphatic heterocycles. The molecule has 0 radical (unpaired) electrons. The third-order valence-corrected chi connectivity index (χ3v) is 3.49. The highest BCUT2D eigenvalue weighted by atomic mass is 16.1. The third kappa shape index (κ3) is 3.52. The molecule has 0 bridgehead atoms. The van der Waals surface area contributed by atoms with E-state index in [-0.39, 0.29) is 0 Å². The summed E-state index contributed by atoms with van der Waals surface area (Å²) in [6.45, 7) is 3.47. The molecule has 1 aromatic heterocycles. The number of aromatic nitrogens is 1. The summed E-state index contributed by atoms with van der Waals surface area (Å²) in [6.07, 6.45) is 4.63. The molecule has 0 spiro atoms. The summed E-state index contributed by atoms with van der Waals surface area (Å²) in [6, 6.07) is 13.9. The molecule has 0 saturated carbocycles. The van der Waals surface area contributed by atoms with E-state index in [4.69, 9.17) is 0 Å². The second-order valence-electron chi connectivity index (χ2n) is 5.43. The number of carbonyl (C=O) groups excluding carboxylic acids is 1. The van der Waals surface area contributed by atoms with Crippen LogP contribution in [0.1, 0.15) is 18.1 Å². The summed E-state index contributed by atoms with van der Waals surface area (Å²) in [4.78, 5) is 17.8. The van der Waals surface area contributed by atoms with Gasteiger partial charge in [0.1, 0.15) is 6.29 Å². The zero-order valence-corrected chi connectivity index (χ0v) is 12.0. The first-order valence-electron chi connectivity index (χ1n) is 6.73. The Morgan fingerprint density at radius 1 is 1.15 bits per heavy atom. The standard InChI is InChI=1S/C17H20N2O/c1-17(14-20,16-6-4-3-5-7-16)13-19(2)12-15-8-10-18-11-9-15/h3-11,14H,12-13H2,1-2H3. The van der Waals surface area contributed by atoms with Crippen LogP contribution in [0, 0.1) is 0 Å². The number of likely N-dealkylation sites (N-methyl/N-ethyl adjacent to an activating group) is 1. The van der Waals surface area contributed by atoms with Gasteiger partial charge in [0.05, 0.1) is 5.41 Å². The monoisotopic (exact) mass is 268 g/mol. The van der Waals surface area contributed by atoms with Crippen molar-refractivity contribution in [2.24, 2.45) is 0 Å². The number of benzene rings is 1. The van der Waals surface area contributed by atoms with E-state index >= 15 is 0 Å². The van der Waals surface area contributed by atoms with Crippen molar-refractivity contribution < 1.29 is 4.79 Å². The van der Waals surface area contributed by atoms with Crippen LogP contribution in [0.25, 0.3) is 0 Å². The number of carbonyl (C=O) groups is 1. The predicted octanol–water partition coefficient (Wildman–Crippen LogP) is 2.67. The van der Waals surface area contributed by atoms with Gasteiger partial charge in [0.25, 0.3) is 0 Å². The van der Waals surface area contributed by atoms with Gasteiger partial charge >= 0.3 is 0 Å². The minimum absolute atomic E-state index is 0.483. The Morgan fingerprint density at radius 2 is 1.80 bits per heavy atom. The smallest absolute Gasteiger partial charge is 0.131 e. The van der Waals surface area contributed by atoms with Crippen molar-refractivity contribution in [1.29, 1.82) is 0 Å². The van der Waals surface area contributed by atoms with Gasteiger partial charge in [0.15, 0.2) is 0 Å². The largest absolute Gasteiger partial charge is 0.302 e. The lowest BCUT2D eigenvalue weighted by molar-refractivity contribution is -0.112. The summed E-state index contributed by atoms with van der Waals surface area (Å²) in [5, 5.41) is 0. The van der Waals surface area contributed by atoms with Crippen molar-refractivity contribution in [2.75, 3.05) is 13.6 Å². The van der Waals surface area contributed by atoms with Crippen LogP contribution in [-0.2, 0) is 16.8 Å². The molecule has 0 fully saturated rings. The molecule has 0 N–H and O–H groups in total. The van der Waals surface area contributed by atoms with E-state index in [1.54, 1.807) is 12.4 Å². The Morgan fingerprint density at radius 3 is 2.40 bits per heavy atom. The molecule has 1 unspecified atom stereocenters. The second-order valence-corrected chi connectivity index (χ2v) is 5.43. The van der Waals surface area contributed by atoms with Crippen molar-refractivity contribution in [2.45, 2.75) is 18.9 Å². The van der Waals surface area contributed by atoms with Crippen molar-refractivity contribution >= 4 is 6.29 Å². The Labute approximate surface area is 120 Å². The van der Waals surface area contributed by atoms with Crippen LogP contribution in [0.5, 0.6) is 0 Å². The molecule has 3 nitrogen and oxygen atoms in total. The quantitative estimate of drug-likeness (QED) is 0.755. The number of hydrogen-bond donors (Lipinski definition) is 0. The summed E-state index contributed by atoms with van der Waals surface area (Å²) in [7, 11) is 2.03. The van der Waals surface area contributed by atoms with Crippen LogP contribution in [0.4, 0.5) is 0 Å². The van der Waals surface area contributed by atoms with E-state index in [1.165, 1.54) is 5.56 Å². The maximum atomic E-state index is 11.6. The van der Waals surface area contributed by atoms with Gasteiger partial charge in [-0.2, -0.15) is 0 Å². The second kappa shape index (κ2) is 6.44. The molecule has 0 amide bonds. The molecule has 0 saturated heterocycles. The molecule has 1 atom stereocenters. The van der Waals surface area contributed by atoms with Gasteiger partial charge in [-0.25, -0.2) is 0 Å². The van der Waals surface area contributed by atoms with Gasteiger partial charge in [-0.05, 0) is 37.2 Å². The van der Waals surface area contributed by atoms with Crippen molar-refractivity contribution in [3.63, 3.8) is 0 Å². The lowest BCUT2D eigenvalue weighted by Crippen LogP contribution is -2.37. The summed E-state index contributed by atoms with van der Waals surface area (Å²) in [5.74, 6) is 0. The molecule has 2 aromatic rings. The highest BCUT2D eigenvalue weighted by Gasteiger charge is 2.27. The number of hydrogen-bond acceptors (Lipinski definition) is 3. The van der Waals surface area contributed by atoms with E-state index in [9.17, 15) is 4.79 Å². The third-order valence-electron chi connectivity index (χ3n) is 3.49. The van der Waals surface area contributed by atoms with Crippen molar-refractivity contribution in [1.82, 2.24) is 9.88 Å². The summed E-state index contributed by atoms with van der Waals surface area (Å²) < 4.78 is 0. The van der Waals surface area contributed by atoms with Crippen LogP contribution in [-0.4, -0.2) is 29.8 Å². The Bertz CT molecular complexity index is 541. The van der Waals surface area contributed by atoms with Gasteiger partial charge in [-0.3, -0.25) is 4.98 Å². The van der Waals surface area contributed by atoms with E-state index in [2.05, 4.69) is 9.88 Å². The van der Waals surface area contributed by atoms with Crippen LogP contribution in [0.3, 0.4) is 0 Å². The highest BCUT2D eigenvalue weighted by molar-refractivity contribution is 5.68. The topological polar surface area (TPSA) is 33.2 Å². The number of pyridine rings is 1. The Balaban J connectivity index is 2.08. The molecule has 1 aromatic carbocycles. The number of aldehydes is 1. The lowest BCUT2D eigenvalue weighted by Gasteiger charge is -2.29. The first-order chi connectivity index (χ1) is 9.64.